The van der Waals surface area contributed by atoms with E-state index in [-0.39, 0.29) is 17.7 Å². The van der Waals surface area contributed by atoms with Crippen LogP contribution >= 0.6 is 0 Å². The van der Waals surface area contributed by atoms with Gasteiger partial charge in [0.05, 0.1) is 11.9 Å². The Morgan fingerprint density at radius 1 is 1.45 bits per heavy atom. The number of nitrogens with one attached hydrogen (secondary N) is 1. The minimum Gasteiger partial charge on any atom is -0.340 e. The summed E-state index contributed by atoms with van der Waals surface area (Å²) in [5.74, 6) is 0.181. The van der Waals surface area contributed by atoms with E-state index >= 15 is 0 Å². The number of rotatable bonds is 3. The van der Waals surface area contributed by atoms with Gasteiger partial charge in [-0.1, -0.05) is 6.92 Å². The molecule has 6 heteroatoms. The molecule has 20 heavy (non-hydrogen) atoms. The van der Waals surface area contributed by atoms with E-state index in [0.717, 1.165) is 12.8 Å². The Bertz CT molecular complexity index is 563. The molecule has 0 bridgehead atoms. The third-order valence-electron chi connectivity index (χ3n) is 4.41. The average molecular weight is 276 g/mol. The lowest BCUT2D eigenvalue weighted by molar-refractivity contribution is -0.138. The Labute approximate surface area is 118 Å². The van der Waals surface area contributed by atoms with E-state index in [1.54, 1.807) is 29.0 Å². The zero-order valence-electron chi connectivity index (χ0n) is 12.1. The van der Waals surface area contributed by atoms with E-state index in [2.05, 4.69) is 10.4 Å². The summed E-state index contributed by atoms with van der Waals surface area (Å²) in [4.78, 5) is 26.9. The molecule has 0 spiro atoms. The van der Waals surface area contributed by atoms with E-state index in [0.29, 0.717) is 12.1 Å². The summed E-state index contributed by atoms with van der Waals surface area (Å²) in [6.45, 7) is 3.76. The Kier molecular flexibility index (Phi) is 2.84. The normalized spacial score (nSPS) is 30.6. The smallest absolute Gasteiger partial charge is 0.253 e. The summed E-state index contributed by atoms with van der Waals surface area (Å²) >= 11 is 0. The summed E-state index contributed by atoms with van der Waals surface area (Å²) in [7, 11) is 1.80. The van der Waals surface area contributed by atoms with E-state index in [1.165, 1.54) is 0 Å². The van der Waals surface area contributed by atoms with E-state index < -0.39 is 11.6 Å². The molecule has 2 atom stereocenters. The highest BCUT2D eigenvalue weighted by Gasteiger charge is 2.55. The van der Waals surface area contributed by atoms with Gasteiger partial charge in [-0.2, -0.15) is 5.10 Å². The molecule has 2 amide bonds. The van der Waals surface area contributed by atoms with Gasteiger partial charge in [0.15, 0.2) is 0 Å². The predicted molar refractivity (Wildman–Crippen MR) is 74.0 cm³/mol. The number of hydrogen-bond acceptors (Lipinski definition) is 3. The molecule has 1 aromatic heterocycles. The molecular weight excluding hydrogens is 256 g/mol. The number of aromatic nitrogens is 2. The first-order valence-electron chi connectivity index (χ1n) is 7.11. The molecule has 0 radical (unpaired) electrons. The monoisotopic (exact) mass is 276 g/mol. The van der Waals surface area contributed by atoms with Crippen LogP contribution in [0, 0.1) is 5.92 Å². The number of nitrogens with zero attached hydrogens (tertiary/aromatic N) is 3. The van der Waals surface area contributed by atoms with E-state index in [1.807, 2.05) is 13.8 Å². The van der Waals surface area contributed by atoms with E-state index in [4.69, 9.17) is 0 Å². The number of aryl methyl sites for hydroxylation is 1. The maximum Gasteiger partial charge on any atom is 0.253 e. The quantitative estimate of drug-likeness (QED) is 0.889. The van der Waals surface area contributed by atoms with Crippen LogP contribution < -0.4 is 10.2 Å². The number of carbonyl (C=O) groups excluding carboxylic acids is 2. The van der Waals surface area contributed by atoms with Crippen LogP contribution in [0.25, 0.3) is 0 Å². The van der Waals surface area contributed by atoms with Crippen LogP contribution in [-0.4, -0.2) is 33.2 Å². The van der Waals surface area contributed by atoms with Crippen molar-refractivity contribution in [1.82, 2.24) is 15.1 Å². The standard InChI is InChI=1S/C14H20N4O2/c1-4-11-12(19)16-14(2,9-5-6-9)13(20)18(11)10-7-15-17(3)8-10/h7-9,11H,4-6H2,1-3H3,(H,16,19). The first-order chi connectivity index (χ1) is 9.47. The first kappa shape index (κ1) is 13.1. The first-order valence-corrected chi connectivity index (χ1v) is 7.11. The molecule has 1 saturated heterocycles. The van der Waals surface area contributed by atoms with Crippen LogP contribution in [0.4, 0.5) is 5.69 Å². The lowest BCUT2D eigenvalue weighted by atomic mass is 9.88. The third-order valence-corrected chi connectivity index (χ3v) is 4.41. The summed E-state index contributed by atoms with van der Waals surface area (Å²) in [6, 6.07) is -0.446. The van der Waals surface area contributed by atoms with Gasteiger partial charge in [0.1, 0.15) is 11.6 Å². The fourth-order valence-electron chi connectivity index (χ4n) is 3.04. The highest BCUT2D eigenvalue weighted by atomic mass is 16.2. The van der Waals surface area contributed by atoms with Crippen LogP contribution in [0.5, 0.6) is 0 Å². The minimum absolute atomic E-state index is 0.0144. The molecule has 1 aliphatic heterocycles. The number of hydrogen-bond donors (Lipinski definition) is 1. The van der Waals surface area contributed by atoms with Gasteiger partial charge in [-0.3, -0.25) is 19.2 Å². The molecule has 1 saturated carbocycles. The average Bonchev–Trinajstić information content (AvgIpc) is 3.17. The molecule has 6 nitrogen and oxygen atoms in total. The van der Waals surface area contributed by atoms with Gasteiger partial charge in [0.25, 0.3) is 5.91 Å². The topological polar surface area (TPSA) is 67.2 Å². The number of carbonyl (C=O) groups is 2. The predicted octanol–water partition coefficient (Wildman–Crippen LogP) is 0.830. The molecule has 1 aromatic rings. The summed E-state index contributed by atoms with van der Waals surface area (Å²) in [5, 5.41) is 7.07. The van der Waals surface area contributed by atoms with Crippen molar-refractivity contribution in [3.63, 3.8) is 0 Å². The number of anilines is 1. The second kappa shape index (κ2) is 4.33. The lowest BCUT2D eigenvalue weighted by Crippen LogP contribution is -2.70. The van der Waals surface area contributed by atoms with E-state index in [9.17, 15) is 9.59 Å². The SMILES string of the molecule is CCC1C(=O)NC(C)(C2CC2)C(=O)N1c1cnn(C)c1. The molecule has 2 unspecified atom stereocenters. The zero-order chi connectivity index (χ0) is 14.5. The van der Waals surface area contributed by atoms with Crippen molar-refractivity contribution in [1.29, 1.82) is 0 Å². The van der Waals surface area contributed by atoms with Crippen molar-refractivity contribution in [2.24, 2.45) is 13.0 Å². The van der Waals surface area contributed by atoms with Crippen molar-refractivity contribution in [2.45, 2.75) is 44.7 Å². The molecule has 1 N–H and O–H groups in total. The molecule has 3 rings (SSSR count). The van der Waals surface area contributed by atoms with Gasteiger partial charge < -0.3 is 5.32 Å². The number of amides is 2. The van der Waals surface area contributed by atoms with Gasteiger partial charge in [-0.25, -0.2) is 0 Å². The molecule has 2 aliphatic rings. The van der Waals surface area contributed by atoms with Crippen molar-refractivity contribution < 1.29 is 9.59 Å². The van der Waals surface area contributed by atoms with Crippen LogP contribution in [0.2, 0.25) is 0 Å². The van der Waals surface area contributed by atoms with Crippen molar-refractivity contribution in [3.05, 3.63) is 12.4 Å². The van der Waals surface area contributed by atoms with Gasteiger partial charge in [-0.15, -0.1) is 0 Å². The Balaban J connectivity index is 2.02. The molecule has 1 aliphatic carbocycles. The maximum absolute atomic E-state index is 12.9. The minimum atomic E-state index is -0.765. The van der Waals surface area contributed by atoms with Crippen LogP contribution in [-0.2, 0) is 16.6 Å². The molecule has 2 fully saturated rings. The Morgan fingerprint density at radius 3 is 2.65 bits per heavy atom. The van der Waals surface area contributed by atoms with Gasteiger partial charge in [0, 0.05) is 13.2 Å². The third kappa shape index (κ3) is 1.82. The maximum atomic E-state index is 12.9. The summed E-state index contributed by atoms with van der Waals surface area (Å²) in [6.07, 6.45) is 6.02. The van der Waals surface area contributed by atoms with Crippen LogP contribution in [0.1, 0.15) is 33.1 Å². The molecule has 108 valence electrons. The van der Waals surface area contributed by atoms with Crippen LogP contribution in [0.15, 0.2) is 12.4 Å². The second-order valence-electron chi connectivity index (χ2n) is 5.94. The fourth-order valence-corrected chi connectivity index (χ4v) is 3.04. The Morgan fingerprint density at radius 2 is 2.15 bits per heavy atom. The van der Waals surface area contributed by atoms with Gasteiger partial charge in [-0.05, 0) is 32.1 Å². The summed E-state index contributed by atoms with van der Waals surface area (Å²) in [5.41, 5.74) is -0.0652. The van der Waals surface area contributed by atoms with Gasteiger partial charge in [0.2, 0.25) is 5.91 Å². The molecular formula is C14H20N4O2. The summed E-state index contributed by atoms with van der Waals surface area (Å²) < 4.78 is 1.65. The largest absolute Gasteiger partial charge is 0.340 e. The fraction of sp³-hybridized carbons (Fsp3) is 0.643. The molecule has 0 aromatic carbocycles. The number of piperazine rings is 1. The highest BCUT2D eigenvalue weighted by molar-refractivity contribution is 6.10. The highest BCUT2D eigenvalue weighted by Crippen LogP contribution is 2.43. The van der Waals surface area contributed by atoms with Crippen molar-refractivity contribution in [3.8, 4) is 0 Å². The Hall–Kier alpha value is -1.85. The van der Waals surface area contributed by atoms with Crippen LogP contribution in [0.3, 0.4) is 0 Å². The second-order valence-corrected chi connectivity index (χ2v) is 5.94. The van der Waals surface area contributed by atoms with Crippen molar-refractivity contribution >= 4 is 17.5 Å². The van der Waals surface area contributed by atoms with Gasteiger partial charge >= 0.3 is 0 Å². The zero-order valence-corrected chi connectivity index (χ0v) is 12.1. The molecule has 2 heterocycles. The lowest BCUT2D eigenvalue weighted by Gasteiger charge is -2.44. The van der Waals surface area contributed by atoms with Crippen molar-refractivity contribution in [2.75, 3.05) is 4.90 Å².